The van der Waals surface area contributed by atoms with Crippen LogP contribution in [0.4, 0.5) is 11.5 Å². The number of anilines is 2. The zero-order valence-corrected chi connectivity index (χ0v) is 14.7. The number of carbonyl (C=O) groups is 2. The summed E-state index contributed by atoms with van der Waals surface area (Å²) in [6, 6.07) is 9.91. The molecule has 1 aromatic carbocycles. The van der Waals surface area contributed by atoms with Crippen LogP contribution in [0.2, 0.25) is 0 Å². The number of aromatic nitrogens is 1. The second-order valence-corrected chi connectivity index (χ2v) is 6.06. The average molecular weight is 341 g/mol. The van der Waals surface area contributed by atoms with Crippen molar-refractivity contribution in [3.05, 3.63) is 53.7 Å². The van der Waals surface area contributed by atoms with Crippen LogP contribution in [0.5, 0.6) is 0 Å². The number of methoxy groups -OCH3 is 1. The van der Waals surface area contributed by atoms with Crippen molar-refractivity contribution in [3.8, 4) is 0 Å². The molecule has 0 aliphatic heterocycles. The molecule has 0 radical (unpaired) electrons. The lowest BCUT2D eigenvalue weighted by Crippen LogP contribution is -2.13. The molecule has 6 heteroatoms. The van der Waals surface area contributed by atoms with Gasteiger partial charge >= 0.3 is 5.97 Å². The Kier molecular flexibility index (Phi) is 6.51. The molecule has 0 aliphatic carbocycles. The number of nitrogens with zero attached hydrogens (tertiary/aromatic N) is 1. The van der Waals surface area contributed by atoms with Crippen LogP contribution in [0.3, 0.4) is 0 Å². The number of pyridine rings is 1. The highest BCUT2D eigenvalue weighted by Gasteiger charge is 2.09. The Balaban J connectivity index is 1.99. The van der Waals surface area contributed by atoms with Gasteiger partial charge in [-0.3, -0.25) is 4.79 Å². The lowest BCUT2D eigenvalue weighted by atomic mass is 10.1. The first kappa shape index (κ1) is 18.4. The highest BCUT2D eigenvalue weighted by atomic mass is 16.5. The van der Waals surface area contributed by atoms with Crippen molar-refractivity contribution >= 4 is 23.4 Å². The highest BCUT2D eigenvalue weighted by molar-refractivity contribution is 6.04. The van der Waals surface area contributed by atoms with Crippen LogP contribution in [0, 0.1) is 5.92 Å². The maximum absolute atomic E-state index is 12.4. The van der Waals surface area contributed by atoms with Crippen molar-refractivity contribution in [3.63, 3.8) is 0 Å². The largest absolute Gasteiger partial charge is 0.465 e. The first-order valence-electron chi connectivity index (χ1n) is 8.19. The van der Waals surface area contributed by atoms with E-state index in [-0.39, 0.29) is 5.91 Å². The second-order valence-electron chi connectivity index (χ2n) is 6.06. The van der Waals surface area contributed by atoms with E-state index < -0.39 is 5.97 Å². The standard InChI is InChI=1S/C19H23N3O3/c1-13(2)8-10-20-17-12-15(9-11-21-17)18(23)22-16-6-4-14(5-7-16)19(24)25-3/h4-7,9,11-13H,8,10H2,1-3H3,(H,20,21)(H,22,23). The van der Waals surface area contributed by atoms with Crippen LogP contribution in [0.1, 0.15) is 41.0 Å². The van der Waals surface area contributed by atoms with Crippen LogP contribution in [0.25, 0.3) is 0 Å². The number of ether oxygens (including phenoxy) is 1. The molecule has 0 fully saturated rings. The molecule has 0 atom stereocenters. The van der Waals surface area contributed by atoms with Crippen LogP contribution in [-0.4, -0.2) is 30.5 Å². The third-order valence-electron chi connectivity index (χ3n) is 3.61. The predicted octanol–water partition coefficient (Wildman–Crippen LogP) is 3.58. The van der Waals surface area contributed by atoms with Crippen molar-refractivity contribution in [1.82, 2.24) is 4.98 Å². The molecule has 132 valence electrons. The lowest BCUT2D eigenvalue weighted by molar-refractivity contribution is 0.0600. The van der Waals surface area contributed by atoms with Crippen molar-refractivity contribution in [1.29, 1.82) is 0 Å². The van der Waals surface area contributed by atoms with Gasteiger partial charge in [-0.05, 0) is 48.7 Å². The summed E-state index contributed by atoms with van der Waals surface area (Å²) in [5.74, 6) is 0.630. The Morgan fingerprint density at radius 3 is 2.48 bits per heavy atom. The Hall–Kier alpha value is -2.89. The van der Waals surface area contributed by atoms with Gasteiger partial charge in [0.1, 0.15) is 5.82 Å². The average Bonchev–Trinajstić information content (AvgIpc) is 2.61. The molecule has 6 nitrogen and oxygen atoms in total. The van der Waals surface area contributed by atoms with Gasteiger partial charge in [-0.15, -0.1) is 0 Å². The molecule has 2 rings (SSSR count). The fourth-order valence-corrected chi connectivity index (χ4v) is 2.17. The number of hydrogen-bond donors (Lipinski definition) is 2. The minimum Gasteiger partial charge on any atom is -0.465 e. The van der Waals surface area contributed by atoms with Gasteiger partial charge < -0.3 is 15.4 Å². The van der Waals surface area contributed by atoms with Crippen LogP contribution >= 0.6 is 0 Å². The van der Waals surface area contributed by atoms with Crippen LogP contribution < -0.4 is 10.6 Å². The third-order valence-corrected chi connectivity index (χ3v) is 3.61. The topological polar surface area (TPSA) is 80.3 Å². The molecule has 0 unspecified atom stereocenters. The normalized spacial score (nSPS) is 10.4. The maximum Gasteiger partial charge on any atom is 0.337 e. The molecule has 0 bridgehead atoms. The van der Waals surface area contributed by atoms with Crippen LogP contribution in [-0.2, 0) is 4.74 Å². The van der Waals surface area contributed by atoms with Crippen molar-refractivity contribution in [2.75, 3.05) is 24.3 Å². The molecule has 1 amide bonds. The van der Waals surface area contributed by atoms with E-state index in [1.165, 1.54) is 7.11 Å². The number of esters is 1. The van der Waals surface area contributed by atoms with Gasteiger partial charge in [0.25, 0.3) is 5.91 Å². The SMILES string of the molecule is COC(=O)c1ccc(NC(=O)c2ccnc(NCCC(C)C)c2)cc1. The van der Waals surface area contributed by atoms with E-state index in [0.29, 0.717) is 28.6 Å². The smallest absolute Gasteiger partial charge is 0.337 e. The zero-order valence-electron chi connectivity index (χ0n) is 14.7. The number of rotatable bonds is 7. The number of amides is 1. The highest BCUT2D eigenvalue weighted by Crippen LogP contribution is 2.14. The quantitative estimate of drug-likeness (QED) is 0.753. The first-order valence-corrected chi connectivity index (χ1v) is 8.19. The molecule has 0 aliphatic rings. The Bertz CT molecular complexity index is 727. The summed E-state index contributed by atoms with van der Waals surface area (Å²) < 4.78 is 4.65. The molecule has 1 heterocycles. The third kappa shape index (κ3) is 5.60. The van der Waals surface area contributed by atoms with Gasteiger partial charge in [-0.2, -0.15) is 0 Å². The van der Waals surface area contributed by atoms with E-state index >= 15 is 0 Å². The summed E-state index contributed by atoms with van der Waals surface area (Å²) in [7, 11) is 1.33. The minimum atomic E-state index is -0.413. The molecule has 1 aromatic heterocycles. The van der Waals surface area contributed by atoms with Gasteiger partial charge in [0.2, 0.25) is 0 Å². The summed E-state index contributed by atoms with van der Waals surface area (Å²) >= 11 is 0. The number of nitrogens with one attached hydrogen (secondary N) is 2. The van der Waals surface area contributed by atoms with Gasteiger partial charge in [0.15, 0.2) is 0 Å². The number of carbonyl (C=O) groups excluding carboxylic acids is 2. The van der Waals surface area contributed by atoms with Crippen molar-refractivity contribution in [2.45, 2.75) is 20.3 Å². The summed E-state index contributed by atoms with van der Waals surface area (Å²) in [4.78, 5) is 28.0. The Morgan fingerprint density at radius 1 is 1.12 bits per heavy atom. The van der Waals surface area contributed by atoms with E-state index in [4.69, 9.17) is 0 Å². The van der Waals surface area contributed by atoms with E-state index in [2.05, 4.69) is 34.2 Å². The zero-order chi connectivity index (χ0) is 18.2. The summed E-state index contributed by atoms with van der Waals surface area (Å²) in [6.07, 6.45) is 2.64. The number of benzene rings is 1. The molecule has 0 saturated carbocycles. The Morgan fingerprint density at radius 2 is 1.84 bits per heavy atom. The molecular formula is C19H23N3O3. The predicted molar refractivity (Wildman–Crippen MR) is 97.9 cm³/mol. The van der Waals surface area contributed by atoms with Crippen molar-refractivity contribution < 1.29 is 14.3 Å². The second kappa shape index (κ2) is 8.82. The first-order chi connectivity index (χ1) is 12.0. The number of hydrogen-bond acceptors (Lipinski definition) is 5. The Labute approximate surface area is 147 Å². The molecule has 2 N–H and O–H groups in total. The fourth-order valence-electron chi connectivity index (χ4n) is 2.17. The van der Waals surface area contributed by atoms with Gasteiger partial charge in [-0.1, -0.05) is 13.8 Å². The summed E-state index contributed by atoms with van der Waals surface area (Å²) in [5, 5.41) is 6.02. The van der Waals surface area contributed by atoms with Crippen molar-refractivity contribution in [2.24, 2.45) is 5.92 Å². The maximum atomic E-state index is 12.4. The van der Waals surface area contributed by atoms with Crippen LogP contribution in [0.15, 0.2) is 42.6 Å². The minimum absolute atomic E-state index is 0.236. The van der Waals surface area contributed by atoms with Gasteiger partial charge in [0.05, 0.1) is 12.7 Å². The molecule has 0 saturated heterocycles. The van der Waals surface area contributed by atoms with E-state index in [1.807, 2.05) is 0 Å². The van der Waals surface area contributed by atoms with E-state index in [1.54, 1.807) is 42.6 Å². The van der Waals surface area contributed by atoms with E-state index in [9.17, 15) is 9.59 Å². The lowest BCUT2D eigenvalue weighted by Gasteiger charge is -2.09. The molecule has 2 aromatic rings. The van der Waals surface area contributed by atoms with E-state index in [0.717, 1.165) is 13.0 Å². The fraction of sp³-hybridized carbons (Fsp3) is 0.316. The molecule has 25 heavy (non-hydrogen) atoms. The van der Waals surface area contributed by atoms with Gasteiger partial charge in [-0.25, -0.2) is 9.78 Å². The molecular weight excluding hydrogens is 318 g/mol. The summed E-state index contributed by atoms with van der Waals surface area (Å²) in [5.41, 5.74) is 1.55. The molecule has 0 spiro atoms. The monoisotopic (exact) mass is 341 g/mol. The van der Waals surface area contributed by atoms with Gasteiger partial charge in [0, 0.05) is 24.0 Å². The summed E-state index contributed by atoms with van der Waals surface area (Å²) in [6.45, 7) is 5.12.